The van der Waals surface area contributed by atoms with E-state index >= 15 is 0 Å². The maximum atomic E-state index is 11.7. The quantitative estimate of drug-likeness (QED) is 0.404. The molecule has 0 aliphatic rings. The lowest BCUT2D eigenvalue weighted by Gasteiger charge is -2.21. The Bertz CT molecular complexity index is 786. The zero-order chi connectivity index (χ0) is 19.6. The van der Waals surface area contributed by atoms with Gasteiger partial charge in [-0.05, 0) is 25.8 Å². The van der Waals surface area contributed by atoms with Gasteiger partial charge in [-0.3, -0.25) is 9.79 Å². The Labute approximate surface area is 164 Å². The molecule has 2 heterocycles. The van der Waals surface area contributed by atoms with Crippen molar-refractivity contribution < 1.29 is 4.74 Å². The minimum absolute atomic E-state index is 0.0172. The molecule has 0 aromatic carbocycles. The summed E-state index contributed by atoms with van der Waals surface area (Å²) in [6, 6.07) is 5.24. The minimum Gasteiger partial charge on any atom is -0.375 e. The Morgan fingerprint density at radius 3 is 2.96 bits per heavy atom. The van der Waals surface area contributed by atoms with Crippen LogP contribution in [-0.4, -0.2) is 48.2 Å². The molecule has 0 amide bonds. The van der Waals surface area contributed by atoms with Gasteiger partial charge in [-0.15, -0.1) is 11.3 Å². The summed E-state index contributed by atoms with van der Waals surface area (Å²) >= 11 is 1.62. The van der Waals surface area contributed by atoms with Crippen LogP contribution in [-0.2, 0) is 17.8 Å². The predicted molar refractivity (Wildman–Crippen MR) is 110 cm³/mol. The van der Waals surface area contributed by atoms with Crippen molar-refractivity contribution in [1.82, 2.24) is 19.8 Å². The summed E-state index contributed by atoms with van der Waals surface area (Å²) in [7, 11) is 5.47. The first-order valence-corrected chi connectivity index (χ1v) is 9.97. The van der Waals surface area contributed by atoms with Crippen LogP contribution in [0.1, 0.15) is 36.6 Å². The molecule has 1 unspecified atom stereocenters. The van der Waals surface area contributed by atoms with Gasteiger partial charge < -0.3 is 19.5 Å². The van der Waals surface area contributed by atoms with E-state index in [2.05, 4.69) is 25.6 Å². The van der Waals surface area contributed by atoms with Crippen LogP contribution in [0.25, 0.3) is 0 Å². The van der Waals surface area contributed by atoms with E-state index in [0.29, 0.717) is 6.54 Å². The number of methoxy groups -OCH3 is 1. The Kier molecular flexibility index (Phi) is 8.47. The molecule has 8 heteroatoms. The van der Waals surface area contributed by atoms with Gasteiger partial charge in [0.15, 0.2) is 5.96 Å². The summed E-state index contributed by atoms with van der Waals surface area (Å²) in [6.45, 7) is 4.22. The molecule has 148 valence electrons. The topological polar surface area (TPSA) is 71.8 Å². The third kappa shape index (κ3) is 6.48. The zero-order valence-electron chi connectivity index (χ0n) is 16.5. The number of rotatable bonds is 9. The molecule has 0 saturated carbocycles. The number of ether oxygens (including phenoxy) is 1. The lowest BCUT2D eigenvalue weighted by molar-refractivity contribution is 0.119. The zero-order valence-corrected chi connectivity index (χ0v) is 17.3. The number of pyridine rings is 1. The first kappa shape index (κ1) is 21.1. The number of nitrogens with zero attached hydrogens (tertiary/aromatic N) is 4. The number of nitrogens with one attached hydrogen (secondary N) is 1. The fraction of sp³-hybridized carbons (Fsp3) is 0.526. The number of aliphatic imine (C=N–C) groups is 1. The lowest BCUT2D eigenvalue weighted by Crippen LogP contribution is -2.39. The van der Waals surface area contributed by atoms with Crippen molar-refractivity contribution in [1.29, 1.82) is 0 Å². The highest BCUT2D eigenvalue weighted by molar-refractivity contribution is 7.09. The number of unbranched alkanes of at least 4 members (excludes halogenated alkanes) is 1. The normalized spacial score (nSPS) is 12.8. The van der Waals surface area contributed by atoms with Crippen molar-refractivity contribution in [3.05, 3.63) is 50.8 Å². The molecule has 2 aromatic rings. The number of aryl methyl sites for hydroxylation is 1. The van der Waals surface area contributed by atoms with Crippen LogP contribution in [0.15, 0.2) is 39.6 Å². The highest BCUT2D eigenvalue weighted by atomic mass is 32.1. The van der Waals surface area contributed by atoms with Crippen molar-refractivity contribution >= 4 is 17.3 Å². The maximum absolute atomic E-state index is 11.7. The first-order valence-electron chi connectivity index (χ1n) is 9.09. The van der Waals surface area contributed by atoms with Gasteiger partial charge in [-0.25, -0.2) is 4.98 Å². The van der Waals surface area contributed by atoms with Crippen molar-refractivity contribution in [2.75, 3.05) is 27.7 Å². The third-order valence-corrected chi connectivity index (χ3v) is 5.31. The van der Waals surface area contributed by atoms with Gasteiger partial charge in [-0.2, -0.15) is 0 Å². The standard InChI is InChI=1S/C19H29N5O2S/c1-15(26-4)18-22-16(14-27-18)13-23(3)19(20-2)21-10-6-8-12-24-11-7-5-9-17(24)25/h5,7,9,11,14-15H,6,8,10,12-13H2,1-4H3,(H,20,21). The second-order valence-electron chi connectivity index (χ2n) is 6.32. The van der Waals surface area contributed by atoms with E-state index in [1.54, 1.807) is 42.2 Å². The molecule has 1 atom stereocenters. The Balaban J connectivity index is 1.75. The van der Waals surface area contributed by atoms with Crippen molar-refractivity contribution in [3.63, 3.8) is 0 Å². The summed E-state index contributed by atoms with van der Waals surface area (Å²) in [6.07, 6.45) is 3.74. The average molecular weight is 392 g/mol. The molecule has 0 radical (unpaired) electrons. The number of guanidine groups is 1. The highest BCUT2D eigenvalue weighted by Crippen LogP contribution is 2.20. The van der Waals surface area contributed by atoms with Crippen molar-refractivity contribution in [2.45, 2.75) is 39.0 Å². The number of aromatic nitrogens is 2. The fourth-order valence-electron chi connectivity index (χ4n) is 2.64. The molecular formula is C19H29N5O2S. The van der Waals surface area contributed by atoms with Gasteiger partial charge in [0.25, 0.3) is 0 Å². The van der Waals surface area contributed by atoms with Gasteiger partial charge >= 0.3 is 0 Å². The molecule has 0 spiro atoms. The molecule has 0 fully saturated rings. The molecule has 1 N–H and O–H groups in total. The van der Waals surface area contributed by atoms with E-state index in [1.807, 2.05) is 26.2 Å². The second-order valence-corrected chi connectivity index (χ2v) is 7.21. The Morgan fingerprint density at radius 1 is 1.44 bits per heavy atom. The van der Waals surface area contributed by atoms with Gasteiger partial charge in [-0.1, -0.05) is 6.07 Å². The lowest BCUT2D eigenvalue weighted by atomic mass is 10.3. The smallest absolute Gasteiger partial charge is 0.250 e. The molecule has 0 saturated heterocycles. The second kappa shape index (κ2) is 10.8. The van der Waals surface area contributed by atoms with Crippen LogP contribution < -0.4 is 10.9 Å². The van der Waals surface area contributed by atoms with Gasteiger partial charge in [0.2, 0.25) is 5.56 Å². The summed E-state index contributed by atoms with van der Waals surface area (Å²) in [5.41, 5.74) is 1.05. The average Bonchev–Trinajstić information content (AvgIpc) is 3.13. The van der Waals surface area contributed by atoms with Crippen LogP contribution in [0.2, 0.25) is 0 Å². The molecule has 27 heavy (non-hydrogen) atoms. The maximum Gasteiger partial charge on any atom is 0.250 e. The Hall–Kier alpha value is -2.19. The highest BCUT2D eigenvalue weighted by Gasteiger charge is 2.12. The van der Waals surface area contributed by atoms with E-state index < -0.39 is 0 Å². The number of hydrogen-bond acceptors (Lipinski definition) is 5. The Morgan fingerprint density at radius 2 is 2.26 bits per heavy atom. The largest absolute Gasteiger partial charge is 0.375 e. The molecule has 2 rings (SSSR count). The van der Waals surface area contributed by atoms with Crippen LogP contribution in [0.3, 0.4) is 0 Å². The van der Waals surface area contributed by atoms with Crippen molar-refractivity contribution in [3.8, 4) is 0 Å². The number of thiazole rings is 1. The van der Waals surface area contributed by atoms with Gasteiger partial charge in [0.1, 0.15) is 11.1 Å². The van der Waals surface area contributed by atoms with Gasteiger partial charge in [0, 0.05) is 51.9 Å². The first-order chi connectivity index (χ1) is 13.0. The molecule has 0 aliphatic heterocycles. The monoisotopic (exact) mass is 391 g/mol. The van der Waals surface area contributed by atoms with Crippen LogP contribution >= 0.6 is 11.3 Å². The molecule has 2 aromatic heterocycles. The van der Waals surface area contributed by atoms with E-state index in [0.717, 1.165) is 42.6 Å². The van der Waals surface area contributed by atoms with E-state index in [9.17, 15) is 4.79 Å². The SMILES string of the molecule is CN=C(NCCCCn1ccccc1=O)N(C)Cc1csc(C(C)OC)n1. The number of hydrogen-bond donors (Lipinski definition) is 1. The fourth-order valence-corrected chi connectivity index (χ4v) is 3.48. The predicted octanol–water partition coefficient (Wildman–Crippen LogP) is 2.50. The summed E-state index contributed by atoms with van der Waals surface area (Å²) in [5, 5.41) is 6.42. The van der Waals surface area contributed by atoms with E-state index in [4.69, 9.17) is 4.74 Å². The van der Waals surface area contributed by atoms with E-state index in [-0.39, 0.29) is 11.7 Å². The minimum atomic E-state index is 0.0172. The molecule has 0 aliphatic carbocycles. The summed E-state index contributed by atoms with van der Waals surface area (Å²) in [5.74, 6) is 0.834. The van der Waals surface area contributed by atoms with Crippen LogP contribution in [0.5, 0.6) is 0 Å². The van der Waals surface area contributed by atoms with Gasteiger partial charge in [0.05, 0.1) is 12.2 Å². The molecular weight excluding hydrogens is 362 g/mol. The summed E-state index contributed by atoms with van der Waals surface area (Å²) < 4.78 is 7.05. The summed E-state index contributed by atoms with van der Waals surface area (Å²) in [4.78, 5) is 22.7. The molecule has 0 bridgehead atoms. The van der Waals surface area contributed by atoms with E-state index in [1.165, 1.54) is 0 Å². The van der Waals surface area contributed by atoms with Crippen LogP contribution in [0, 0.1) is 0 Å². The van der Waals surface area contributed by atoms with Crippen LogP contribution in [0.4, 0.5) is 0 Å². The third-order valence-electron chi connectivity index (χ3n) is 4.25. The van der Waals surface area contributed by atoms with Crippen molar-refractivity contribution in [2.24, 2.45) is 4.99 Å². The molecule has 7 nitrogen and oxygen atoms in total.